The molecule has 1 saturated carbocycles. The Morgan fingerprint density at radius 1 is 1.43 bits per heavy atom. The summed E-state index contributed by atoms with van der Waals surface area (Å²) >= 11 is 0. The molecule has 1 aliphatic carbocycles. The second-order valence-corrected chi connectivity index (χ2v) is 3.90. The Morgan fingerprint density at radius 3 is 2.71 bits per heavy atom. The first-order chi connectivity index (χ1) is 6.65. The van der Waals surface area contributed by atoms with Gasteiger partial charge < -0.3 is 5.32 Å². The van der Waals surface area contributed by atoms with E-state index in [1.165, 1.54) is 0 Å². The van der Waals surface area contributed by atoms with Crippen LogP contribution < -0.4 is 5.32 Å². The highest BCUT2D eigenvalue weighted by molar-refractivity contribution is 5.37. The summed E-state index contributed by atoms with van der Waals surface area (Å²) in [6, 6.07) is 1.13. The normalized spacial score (nSPS) is 25.6. The summed E-state index contributed by atoms with van der Waals surface area (Å²) < 4.78 is 25.6. The summed E-state index contributed by atoms with van der Waals surface area (Å²) in [5, 5.41) is 2.95. The average Bonchev–Trinajstić information content (AvgIpc) is 2.06. The lowest BCUT2D eigenvalue weighted by atomic mass is 9.82. The van der Waals surface area contributed by atoms with Gasteiger partial charge in [-0.25, -0.2) is 13.8 Å². The Morgan fingerprint density at radius 2 is 2.14 bits per heavy atom. The molecule has 4 heteroatoms. The van der Waals surface area contributed by atoms with Gasteiger partial charge in [-0.1, -0.05) is 6.92 Å². The Bertz CT molecular complexity index is 335. The molecule has 0 amide bonds. The molecule has 1 aromatic rings. The van der Waals surface area contributed by atoms with Crippen molar-refractivity contribution in [1.29, 1.82) is 0 Å². The van der Waals surface area contributed by atoms with Gasteiger partial charge in [0.25, 0.3) is 0 Å². The van der Waals surface area contributed by atoms with E-state index in [4.69, 9.17) is 0 Å². The number of nitrogens with zero attached hydrogens (tertiary/aromatic N) is 1. The van der Waals surface area contributed by atoms with Gasteiger partial charge in [-0.2, -0.15) is 0 Å². The number of aromatic nitrogens is 1. The van der Waals surface area contributed by atoms with E-state index in [9.17, 15) is 8.78 Å². The van der Waals surface area contributed by atoms with Gasteiger partial charge in [-0.3, -0.25) is 0 Å². The molecule has 0 atom stereocenters. The minimum atomic E-state index is -0.643. The number of nitrogens with one attached hydrogen (secondary N) is 1. The standard InChI is InChI=1S/C10H12F2N2/c1-6-2-8(3-6)14-10-9(12)4-7(11)5-13-10/h4-6,8H,2-3H2,1H3,(H,13,14). The minimum Gasteiger partial charge on any atom is -0.365 e. The third-order valence-electron chi connectivity index (χ3n) is 2.52. The third kappa shape index (κ3) is 1.84. The highest BCUT2D eigenvalue weighted by Crippen LogP contribution is 2.29. The van der Waals surface area contributed by atoms with Gasteiger partial charge in [0.05, 0.1) is 6.20 Å². The number of halogens is 2. The zero-order valence-electron chi connectivity index (χ0n) is 7.93. The molecule has 0 bridgehead atoms. The molecule has 1 N–H and O–H groups in total. The monoisotopic (exact) mass is 198 g/mol. The SMILES string of the molecule is CC1CC(Nc2ncc(F)cc2F)C1. The van der Waals surface area contributed by atoms with E-state index in [0.29, 0.717) is 5.92 Å². The van der Waals surface area contributed by atoms with Gasteiger partial charge >= 0.3 is 0 Å². The van der Waals surface area contributed by atoms with E-state index in [-0.39, 0.29) is 11.9 Å². The van der Waals surface area contributed by atoms with Crippen molar-refractivity contribution in [2.24, 2.45) is 5.92 Å². The molecule has 0 unspecified atom stereocenters. The van der Waals surface area contributed by atoms with E-state index in [1.54, 1.807) is 0 Å². The van der Waals surface area contributed by atoms with Gasteiger partial charge in [0.1, 0.15) is 5.82 Å². The molecule has 0 spiro atoms. The lowest BCUT2D eigenvalue weighted by Gasteiger charge is -2.33. The van der Waals surface area contributed by atoms with Crippen molar-refractivity contribution in [1.82, 2.24) is 4.98 Å². The summed E-state index contributed by atoms with van der Waals surface area (Å²) in [6.45, 7) is 2.15. The molecule has 2 nitrogen and oxygen atoms in total. The lowest BCUT2D eigenvalue weighted by molar-refractivity contribution is 0.307. The quantitative estimate of drug-likeness (QED) is 0.790. The van der Waals surface area contributed by atoms with Crippen LogP contribution in [0, 0.1) is 17.6 Å². The van der Waals surface area contributed by atoms with Crippen molar-refractivity contribution in [3.05, 3.63) is 23.9 Å². The molecular weight excluding hydrogens is 186 g/mol. The first-order valence-corrected chi connectivity index (χ1v) is 4.72. The second kappa shape index (κ2) is 3.52. The molecule has 1 heterocycles. The first kappa shape index (κ1) is 9.37. The van der Waals surface area contributed by atoms with Crippen LogP contribution in [0.5, 0.6) is 0 Å². The molecule has 0 aliphatic heterocycles. The zero-order valence-corrected chi connectivity index (χ0v) is 7.93. The molecule has 0 saturated heterocycles. The van der Waals surface area contributed by atoms with E-state index >= 15 is 0 Å². The van der Waals surface area contributed by atoms with Crippen molar-refractivity contribution in [2.75, 3.05) is 5.32 Å². The van der Waals surface area contributed by atoms with Crippen molar-refractivity contribution in [3.8, 4) is 0 Å². The highest BCUT2D eigenvalue weighted by Gasteiger charge is 2.26. The van der Waals surface area contributed by atoms with Crippen LogP contribution in [0.25, 0.3) is 0 Å². The Labute approximate surface area is 81.4 Å². The maximum atomic E-state index is 13.1. The van der Waals surface area contributed by atoms with Gasteiger partial charge in [-0.05, 0) is 18.8 Å². The second-order valence-electron chi connectivity index (χ2n) is 3.90. The van der Waals surface area contributed by atoms with Gasteiger partial charge in [0.15, 0.2) is 11.6 Å². The van der Waals surface area contributed by atoms with E-state index < -0.39 is 11.6 Å². The van der Waals surface area contributed by atoms with Crippen LogP contribution in [-0.2, 0) is 0 Å². The Hall–Kier alpha value is -1.19. The highest BCUT2D eigenvalue weighted by atomic mass is 19.1. The summed E-state index contributed by atoms with van der Waals surface area (Å²) in [7, 11) is 0. The lowest BCUT2D eigenvalue weighted by Crippen LogP contribution is -2.34. The largest absolute Gasteiger partial charge is 0.365 e. The fourth-order valence-electron chi connectivity index (χ4n) is 1.73. The molecule has 1 aliphatic rings. The van der Waals surface area contributed by atoms with Crippen LogP contribution in [0.3, 0.4) is 0 Å². The summed E-state index contributed by atoms with van der Waals surface area (Å²) in [5.41, 5.74) is 0. The minimum absolute atomic E-state index is 0.156. The summed E-state index contributed by atoms with van der Waals surface area (Å²) in [4.78, 5) is 3.66. The predicted molar refractivity (Wildman–Crippen MR) is 50.0 cm³/mol. The molecule has 76 valence electrons. The van der Waals surface area contributed by atoms with Crippen LogP contribution in [0.1, 0.15) is 19.8 Å². The van der Waals surface area contributed by atoms with Crippen LogP contribution in [-0.4, -0.2) is 11.0 Å². The molecule has 0 aromatic carbocycles. The van der Waals surface area contributed by atoms with Crippen molar-refractivity contribution in [3.63, 3.8) is 0 Å². The summed E-state index contributed by atoms with van der Waals surface area (Å²) in [5.74, 6) is -0.418. The fraction of sp³-hybridized carbons (Fsp3) is 0.500. The van der Waals surface area contributed by atoms with Crippen LogP contribution >= 0.6 is 0 Å². The van der Waals surface area contributed by atoms with E-state index in [0.717, 1.165) is 25.1 Å². The fourth-order valence-corrected chi connectivity index (χ4v) is 1.73. The molecule has 14 heavy (non-hydrogen) atoms. The molecular formula is C10H12F2N2. The van der Waals surface area contributed by atoms with E-state index in [2.05, 4.69) is 17.2 Å². The Balaban J connectivity index is 2.02. The van der Waals surface area contributed by atoms with Crippen LogP contribution in [0.15, 0.2) is 12.3 Å². The summed E-state index contributed by atoms with van der Waals surface area (Å²) in [6.07, 6.45) is 3.07. The zero-order chi connectivity index (χ0) is 10.1. The topological polar surface area (TPSA) is 24.9 Å². The van der Waals surface area contributed by atoms with Gasteiger partial charge in [0, 0.05) is 12.1 Å². The molecule has 2 rings (SSSR count). The number of pyridine rings is 1. The molecule has 0 radical (unpaired) electrons. The average molecular weight is 198 g/mol. The Kier molecular flexibility index (Phi) is 2.35. The molecule has 1 aromatic heterocycles. The third-order valence-corrected chi connectivity index (χ3v) is 2.52. The number of rotatable bonds is 2. The maximum absolute atomic E-state index is 13.1. The van der Waals surface area contributed by atoms with E-state index in [1.807, 2.05) is 0 Å². The van der Waals surface area contributed by atoms with Gasteiger partial charge in [0.2, 0.25) is 0 Å². The predicted octanol–water partition coefficient (Wildman–Crippen LogP) is 2.57. The van der Waals surface area contributed by atoms with Gasteiger partial charge in [-0.15, -0.1) is 0 Å². The number of anilines is 1. The first-order valence-electron chi connectivity index (χ1n) is 4.72. The van der Waals surface area contributed by atoms with Crippen molar-refractivity contribution in [2.45, 2.75) is 25.8 Å². The number of hydrogen-bond donors (Lipinski definition) is 1. The van der Waals surface area contributed by atoms with Crippen molar-refractivity contribution >= 4 is 5.82 Å². The smallest absolute Gasteiger partial charge is 0.168 e. The van der Waals surface area contributed by atoms with Crippen molar-refractivity contribution < 1.29 is 8.78 Å². The maximum Gasteiger partial charge on any atom is 0.168 e. The molecule has 1 fully saturated rings. The van der Waals surface area contributed by atoms with Crippen LogP contribution in [0.2, 0.25) is 0 Å². The van der Waals surface area contributed by atoms with Crippen LogP contribution in [0.4, 0.5) is 14.6 Å². The number of hydrogen-bond acceptors (Lipinski definition) is 2.